The van der Waals surface area contributed by atoms with Gasteiger partial charge in [-0.25, -0.2) is 15.8 Å². The van der Waals surface area contributed by atoms with E-state index in [-0.39, 0.29) is 0 Å². The number of nitrogen functional groups attached to an aromatic ring is 1. The van der Waals surface area contributed by atoms with E-state index in [1.807, 2.05) is 18.2 Å². The van der Waals surface area contributed by atoms with Crippen molar-refractivity contribution in [3.8, 4) is 11.4 Å². The van der Waals surface area contributed by atoms with Crippen LogP contribution in [0.3, 0.4) is 0 Å². The van der Waals surface area contributed by atoms with E-state index in [0.717, 1.165) is 24.1 Å². The van der Waals surface area contributed by atoms with Gasteiger partial charge in [0.25, 0.3) is 0 Å². The topological polar surface area (TPSA) is 63.8 Å². The molecule has 1 aromatic carbocycles. The number of halogens is 2. The molecule has 0 spiro atoms. The van der Waals surface area contributed by atoms with Crippen molar-refractivity contribution in [2.75, 3.05) is 5.43 Å². The number of hydrogen-bond donors (Lipinski definition) is 2. The van der Waals surface area contributed by atoms with E-state index in [1.165, 1.54) is 12.8 Å². The predicted octanol–water partition coefficient (Wildman–Crippen LogP) is 4.39. The summed E-state index contributed by atoms with van der Waals surface area (Å²) in [4.78, 5) is 9.09. The molecular formula is C15H16Cl2N4. The van der Waals surface area contributed by atoms with Crippen molar-refractivity contribution < 1.29 is 0 Å². The molecule has 0 radical (unpaired) electrons. The van der Waals surface area contributed by atoms with Crippen molar-refractivity contribution in [2.24, 2.45) is 5.84 Å². The van der Waals surface area contributed by atoms with E-state index in [0.29, 0.717) is 27.6 Å². The van der Waals surface area contributed by atoms with Crippen LogP contribution >= 0.6 is 23.2 Å². The third kappa shape index (κ3) is 2.98. The maximum atomic E-state index is 6.27. The van der Waals surface area contributed by atoms with Crippen molar-refractivity contribution in [1.29, 1.82) is 0 Å². The van der Waals surface area contributed by atoms with E-state index < -0.39 is 0 Å². The van der Waals surface area contributed by atoms with Crippen LogP contribution in [-0.2, 0) is 0 Å². The highest BCUT2D eigenvalue weighted by Gasteiger charge is 2.21. The van der Waals surface area contributed by atoms with Gasteiger partial charge in [-0.3, -0.25) is 0 Å². The summed E-state index contributed by atoms with van der Waals surface area (Å²) in [6.45, 7) is 0. The third-order valence-corrected chi connectivity index (χ3v) is 4.68. The summed E-state index contributed by atoms with van der Waals surface area (Å²) in [5.41, 5.74) is 4.35. The van der Waals surface area contributed by atoms with Gasteiger partial charge in [-0.2, -0.15) is 0 Å². The van der Waals surface area contributed by atoms with Gasteiger partial charge in [0, 0.05) is 23.2 Å². The number of hydrazine groups is 1. The summed E-state index contributed by atoms with van der Waals surface area (Å²) in [6.07, 6.45) is 4.80. The lowest BCUT2D eigenvalue weighted by atomic mass is 10.0. The monoisotopic (exact) mass is 322 g/mol. The first-order valence-corrected chi connectivity index (χ1v) is 7.74. The molecule has 21 heavy (non-hydrogen) atoms. The molecule has 0 saturated heterocycles. The first-order valence-electron chi connectivity index (χ1n) is 6.99. The highest BCUT2D eigenvalue weighted by molar-refractivity contribution is 6.43. The summed E-state index contributed by atoms with van der Waals surface area (Å²) >= 11 is 12.3. The van der Waals surface area contributed by atoms with Gasteiger partial charge in [0.2, 0.25) is 0 Å². The quantitative estimate of drug-likeness (QED) is 0.649. The molecule has 1 fully saturated rings. The Morgan fingerprint density at radius 2 is 1.90 bits per heavy atom. The summed E-state index contributed by atoms with van der Waals surface area (Å²) < 4.78 is 0. The second-order valence-electron chi connectivity index (χ2n) is 5.23. The molecule has 2 aromatic rings. The molecule has 1 aromatic heterocycles. The first kappa shape index (κ1) is 14.6. The van der Waals surface area contributed by atoms with E-state index in [4.69, 9.17) is 29.0 Å². The average molecular weight is 323 g/mol. The van der Waals surface area contributed by atoms with Crippen molar-refractivity contribution in [1.82, 2.24) is 9.97 Å². The largest absolute Gasteiger partial charge is 0.308 e. The lowest BCUT2D eigenvalue weighted by Crippen LogP contribution is -2.11. The minimum absolute atomic E-state index is 0.464. The highest BCUT2D eigenvalue weighted by Crippen LogP contribution is 2.36. The minimum Gasteiger partial charge on any atom is -0.308 e. The van der Waals surface area contributed by atoms with Crippen LogP contribution in [0.15, 0.2) is 24.3 Å². The molecule has 0 aliphatic heterocycles. The van der Waals surface area contributed by atoms with Crippen LogP contribution < -0.4 is 11.3 Å². The summed E-state index contributed by atoms with van der Waals surface area (Å²) in [6, 6.07) is 7.36. The van der Waals surface area contributed by atoms with Crippen molar-refractivity contribution >= 4 is 29.0 Å². The molecule has 0 bridgehead atoms. The van der Waals surface area contributed by atoms with E-state index in [9.17, 15) is 0 Å². The van der Waals surface area contributed by atoms with Crippen molar-refractivity contribution in [3.63, 3.8) is 0 Å². The summed E-state index contributed by atoms with van der Waals surface area (Å²) in [7, 11) is 0. The number of nitrogens with one attached hydrogen (secondary N) is 1. The van der Waals surface area contributed by atoms with Crippen LogP contribution in [0.2, 0.25) is 10.0 Å². The average Bonchev–Trinajstić information content (AvgIpc) is 3.04. The van der Waals surface area contributed by atoms with Gasteiger partial charge in [0.15, 0.2) is 5.82 Å². The lowest BCUT2D eigenvalue weighted by molar-refractivity contribution is 0.695. The summed E-state index contributed by atoms with van der Waals surface area (Å²) in [5.74, 6) is 7.15. The van der Waals surface area contributed by atoms with Crippen LogP contribution in [0.4, 0.5) is 5.82 Å². The van der Waals surface area contributed by atoms with Crippen molar-refractivity contribution in [2.45, 2.75) is 31.6 Å². The Morgan fingerprint density at radius 3 is 2.62 bits per heavy atom. The Hall–Kier alpha value is -1.36. The van der Waals surface area contributed by atoms with Gasteiger partial charge < -0.3 is 5.43 Å². The fraction of sp³-hybridized carbons (Fsp3) is 0.333. The SMILES string of the molecule is NNc1cc(C2CCCC2)nc(-c2cccc(Cl)c2Cl)n1. The Labute approximate surface area is 133 Å². The molecule has 3 N–H and O–H groups in total. The Balaban J connectivity index is 2.09. The van der Waals surface area contributed by atoms with Crippen LogP contribution in [-0.4, -0.2) is 9.97 Å². The number of hydrogen-bond acceptors (Lipinski definition) is 4. The van der Waals surface area contributed by atoms with Gasteiger partial charge in [-0.05, 0) is 25.0 Å². The molecule has 0 amide bonds. The third-order valence-electron chi connectivity index (χ3n) is 3.86. The van der Waals surface area contributed by atoms with Crippen LogP contribution in [0.25, 0.3) is 11.4 Å². The molecule has 110 valence electrons. The molecule has 3 rings (SSSR count). The van der Waals surface area contributed by atoms with Crippen LogP contribution in [0.5, 0.6) is 0 Å². The van der Waals surface area contributed by atoms with Gasteiger partial charge in [0.1, 0.15) is 5.82 Å². The molecule has 0 unspecified atom stereocenters. The molecular weight excluding hydrogens is 307 g/mol. The molecule has 1 heterocycles. The number of nitrogens with zero attached hydrogens (tertiary/aromatic N) is 2. The van der Waals surface area contributed by atoms with Gasteiger partial charge in [0.05, 0.1) is 10.0 Å². The standard InChI is InChI=1S/C15H16Cl2N4/c16-11-7-3-6-10(14(11)17)15-19-12(8-13(20-15)21-18)9-4-1-2-5-9/h3,6-9H,1-2,4-5,18H2,(H,19,20,21). The number of nitrogens with two attached hydrogens (primary N) is 1. The normalized spacial score (nSPS) is 15.4. The second kappa shape index (κ2) is 6.18. The fourth-order valence-electron chi connectivity index (χ4n) is 2.77. The number of benzene rings is 1. The first-order chi connectivity index (χ1) is 10.2. The zero-order valence-electron chi connectivity index (χ0n) is 11.4. The second-order valence-corrected chi connectivity index (χ2v) is 6.01. The van der Waals surface area contributed by atoms with E-state index >= 15 is 0 Å². The smallest absolute Gasteiger partial charge is 0.163 e. The van der Waals surface area contributed by atoms with Crippen LogP contribution in [0, 0.1) is 0 Å². The van der Waals surface area contributed by atoms with Gasteiger partial charge in [-0.1, -0.05) is 42.1 Å². The zero-order chi connectivity index (χ0) is 14.8. The van der Waals surface area contributed by atoms with E-state index in [1.54, 1.807) is 6.07 Å². The minimum atomic E-state index is 0.464. The molecule has 4 nitrogen and oxygen atoms in total. The molecule has 6 heteroatoms. The Morgan fingerprint density at radius 1 is 1.14 bits per heavy atom. The number of rotatable bonds is 3. The fourth-order valence-corrected chi connectivity index (χ4v) is 3.15. The molecule has 1 saturated carbocycles. The highest BCUT2D eigenvalue weighted by atomic mass is 35.5. The molecule has 0 atom stereocenters. The Bertz CT molecular complexity index is 654. The van der Waals surface area contributed by atoms with Gasteiger partial charge in [-0.15, -0.1) is 0 Å². The Kier molecular flexibility index (Phi) is 4.29. The summed E-state index contributed by atoms with van der Waals surface area (Å²) in [5, 5.41) is 0.956. The molecule has 1 aliphatic carbocycles. The lowest BCUT2D eigenvalue weighted by Gasteiger charge is -2.13. The molecule has 1 aliphatic rings. The maximum absolute atomic E-state index is 6.27. The number of anilines is 1. The van der Waals surface area contributed by atoms with Crippen molar-refractivity contribution in [3.05, 3.63) is 40.0 Å². The maximum Gasteiger partial charge on any atom is 0.163 e. The van der Waals surface area contributed by atoms with Crippen LogP contribution in [0.1, 0.15) is 37.3 Å². The zero-order valence-corrected chi connectivity index (χ0v) is 13.0. The van der Waals surface area contributed by atoms with E-state index in [2.05, 4.69) is 15.4 Å². The van der Waals surface area contributed by atoms with Gasteiger partial charge >= 0.3 is 0 Å². The predicted molar refractivity (Wildman–Crippen MR) is 86.5 cm³/mol. The number of aromatic nitrogens is 2.